The van der Waals surface area contributed by atoms with E-state index < -0.39 is 0 Å². The third-order valence-electron chi connectivity index (χ3n) is 5.16. The molecule has 4 rings (SSSR count). The number of pyridine rings is 1. The van der Waals surface area contributed by atoms with Crippen molar-refractivity contribution in [2.24, 2.45) is 0 Å². The number of amides is 2. The number of aromatic nitrogens is 1. The van der Waals surface area contributed by atoms with Crippen molar-refractivity contribution >= 4 is 23.3 Å². The number of benzene rings is 1. The summed E-state index contributed by atoms with van der Waals surface area (Å²) in [7, 11) is 0. The fraction of sp³-hybridized carbons (Fsp3) is 0.316. The molecule has 2 amide bonds. The van der Waals surface area contributed by atoms with Gasteiger partial charge in [0.05, 0.1) is 18.3 Å². The third kappa shape index (κ3) is 3.06. The van der Waals surface area contributed by atoms with E-state index in [1.807, 2.05) is 24.4 Å². The minimum absolute atomic E-state index is 0.184. The normalized spacial score (nSPS) is 21.5. The molecule has 7 heteroatoms. The van der Waals surface area contributed by atoms with Gasteiger partial charge in [0.15, 0.2) is 6.04 Å². The molecule has 1 aromatic heterocycles. The summed E-state index contributed by atoms with van der Waals surface area (Å²) in [6.45, 7) is 3.24. The van der Waals surface area contributed by atoms with Gasteiger partial charge in [-0.3, -0.25) is 14.5 Å². The van der Waals surface area contributed by atoms with Crippen molar-refractivity contribution < 1.29 is 23.9 Å². The lowest BCUT2D eigenvalue weighted by Gasteiger charge is -2.31. The van der Waals surface area contributed by atoms with Crippen molar-refractivity contribution in [3.63, 3.8) is 0 Å². The largest absolute Gasteiger partial charge is 0.318 e. The Bertz CT molecular complexity index is 804. The summed E-state index contributed by atoms with van der Waals surface area (Å²) in [5.41, 5.74) is 0.445. The fourth-order valence-electron chi connectivity index (χ4n) is 3.78. The molecular weight excluding hydrogens is 335 g/mol. The first-order valence-electron chi connectivity index (χ1n) is 8.82. The Balaban J connectivity index is 1.44. The molecule has 2 fully saturated rings. The second-order valence-corrected chi connectivity index (χ2v) is 6.69. The number of halogens is 1. The van der Waals surface area contributed by atoms with Crippen molar-refractivity contribution in [3.8, 4) is 0 Å². The van der Waals surface area contributed by atoms with E-state index in [0.717, 1.165) is 36.9 Å². The summed E-state index contributed by atoms with van der Waals surface area (Å²) in [4.78, 5) is 33.0. The number of hydrogen-bond donors (Lipinski definition) is 1. The minimum Gasteiger partial charge on any atom is -0.318 e. The van der Waals surface area contributed by atoms with Gasteiger partial charge in [-0.25, -0.2) is 14.3 Å². The van der Waals surface area contributed by atoms with Gasteiger partial charge in [0.2, 0.25) is 5.91 Å². The van der Waals surface area contributed by atoms with E-state index in [-0.39, 0.29) is 30.1 Å². The molecule has 0 unspecified atom stereocenters. The van der Waals surface area contributed by atoms with Gasteiger partial charge in [0.1, 0.15) is 32.0 Å². The van der Waals surface area contributed by atoms with Crippen LogP contribution in [0, 0.1) is 5.82 Å². The van der Waals surface area contributed by atoms with Crippen molar-refractivity contribution in [2.45, 2.75) is 12.5 Å². The fourth-order valence-corrected chi connectivity index (χ4v) is 3.78. The predicted molar refractivity (Wildman–Crippen MR) is 93.2 cm³/mol. The van der Waals surface area contributed by atoms with Crippen LogP contribution in [-0.2, 0) is 9.59 Å². The molecule has 0 spiro atoms. The third-order valence-corrected chi connectivity index (χ3v) is 5.16. The molecule has 2 aliphatic heterocycles. The number of quaternary nitrogens is 1. The number of carbonyl (C=O) groups excluding carboxylic acids is 2. The summed E-state index contributed by atoms with van der Waals surface area (Å²) in [6.07, 6.45) is 2.11. The summed E-state index contributed by atoms with van der Waals surface area (Å²) >= 11 is 0. The molecule has 2 aliphatic rings. The van der Waals surface area contributed by atoms with Crippen molar-refractivity contribution in [1.29, 1.82) is 0 Å². The number of carbonyl (C=O) groups is 2. The highest BCUT2D eigenvalue weighted by atomic mass is 19.1. The second-order valence-electron chi connectivity index (χ2n) is 6.69. The van der Waals surface area contributed by atoms with E-state index in [9.17, 15) is 14.0 Å². The van der Waals surface area contributed by atoms with Gasteiger partial charge in [-0.15, -0.1) is 0 Å². The zero-order chi connectivity index (χ0) is 18.1. The first kappa shape index (κ1) is 16.7. The molecule has 26 heavy (non-hydrogen) atoms. The number of piperazine rings is 1. The lowest BCUT2D eigenvalue weighted by Crippen LogP contribution is -3.19. The van der Waals surface area contributed by atoms with E-state index >= 15 is 0 Å². The van der Waals surface area contributed by atoms with Gasteiger partial charge in [-0.2, -0.15) is 0 Å². The van der Waals surface area contributed by atoms with Crippen LogP contribution in [0.25, 0.3) is 0 Å². The maximum Gasteiger partial charge on any atom is 0.292 e. The van der Waals surface area contributed by atoms with Crippen LogP contribution in [0.15, 0.2) is 48.7 Å². The van der Waals surface area contributed by atoms with Crippen LogP contribution in [0.4, 0.5) is 15.9 Å². The number of nitrogens with zero attached hydrogens (tertiary/aromatic N) is 2. The molecule has 0 bridgehead atoms. The first-order valence-corrected chi connectivity index (χ1v) is 8.82. The van der Waals surface area contributed by atoms with E-state index in [2.05, 4.69) is 9.88 Å². The smallest absolute Gasteiger partial charge is 0.292 e. The Morgan fingerprint density at radius 2 is 1.77 bits per heavy atom. The topological polar surface area (TPSA) is 59.2 Å². The van der Waals surface area contributed by atoms with E-state index in [0.29, 0.717) is 5.69 Å². The molecule has 3 heterocycles. The molecule has 0 aliphatic carbocycles. The van der Waals surface area contributed by atoms with Gasteiger partial charge in [-0.1, -0.05) is 6.07 Å². The number of aromatic amines is 1. The molecule has 0 saturated carbocycles. The van der Waals surface area contributed by atoms with Gasteiger partial charge in [0, 0.05) is 6.07 Å². The number of anilines is 2. The lowest BCUT2D eigenvalue weighted by molar-refractivity contribution is -0.915. The van der Waals surface area contributed by atoms with Crippen LogP contribution in [0.3, 0.4) is 0 Å². The number of nitrogens with one attached hydrogen (secondary N) is 2. The monoisotopic (exact) mass is 356 g/mol. The summed E-state index contributed by atoms with van der Waals surface area (Å²) in [6, 6.07) is 11.1. The van der Waals surface area contributed by atoms with E-state index in [1.54, 1.807) is 0 Å². The molecule has 1 aromatic carbocycles. The Morgan fingerprint density at radius 3 is 2.42 bits per heavy atom. The van der Waals surface area contributed by atoms with Crippen molar-refractivity contribution in [3.05, 3.63) is 54.5 Å². The first-order chi connectivity index (χ1) is 12.6. The average molecular weight is 356 g/mol. The van der Waals surface area contributed by atoms with Crippen LogP contribution >= 0.6 is 0 Å². The molecule has 134 valence electrons. The second kappa shape index (κ2) is 6.84. The zero-order valence-electron chi connectivity index (χ0n) is 14.3. The molecule has 2 aromatic rings. The highest BCUT2D eigenvalue weighted by Gasteiger charge is 2.47. The van der Waals surface area contributed by atoms with Crippen LogP contribution in [-0.4, -0.2) is 44.0 Å². The van der Waals surface area contributed by atoms with Crippen LogP contribution in [0.5, 0.6) is 0 Å². The Hall–Kier alpha value is -2.80. The van der Waals surface area contributed by atoms with Crippen molar-refractivity contribution in [2.75, 3.05) is 36.0 Å². The Morgan fingerprint density at radius 1 is 1.04 bits per heavy atom. The predicted octanol–water partition coefficient (Wildman–Crippen LogP) is -0.323. The van der Waals surface area contributed by atoms with Gasteiger partial charge >= 0.3 is 0 Å². The average Bonchev–Trinajstić information content (AvgIpc) is 2.98. The number of rotatable bonds is 3. The number of hydrogen-bond acceptors (Lipinski definition) is 3. The van der Waals surface area contributed by atoms with Crippen LogP contribution in [0.2, 0.25) is 0 Å². The quantitative estimate of drug-likeness (QED) is 0.767. The summed E-state index contributed by atoms with van der Waals surface area (Å²) in [5.74, 6) is 0.284. The Labute approximate surface area is 150 Å². The molecule has 6 nitrogen and oxygen atoms in total. The summed E-state index contributed by atoms with van der Waals surface area (Å²) in [5, 5.41) is 0. The number of imide groups is 1. The van der Waals surface area contributed by atoms with Crippen LogP contribution in [0.1, 0.15) is 6.42 Å². The molecular formula is C19H21FN4O2+2. The maximum atomic E-state index is 13.1. The highest BCUT2D eigenvalue weighted by molar-refractivity contribution is 6.21. The zero-order valence-corrected chi connectivity index (χ0v) is 14.3. The standard InChI is InChI=1S/C19H19FN4O2/c20-14-4-6-15(7-5-14)24-18(25)13-16(19(24)26)22-9-11-23(12-10-22)17-3-1-2-8-21-17/h1-8,16H,9-13H2/p+2/t16-/m0/s1. The molecule has 0 radical (unpaired) electrons. The maximum absolute atomic E-state index is 13.1. The highest BCUT2D eigenvalue weighted by Crippen LogP contribution is 2.22. The van der Waals surface area contributed by atoms with Gasteiger partial charge < -0.3 is 4.90 Å². The molecule has 2 saturated heterocycles. The molecule has 2 N–H and O–H groups in total. The number of H-pyrrole nitrogens is 1. The molecule has 1 atom stereocenters. The van der Waals surface area contributed by atoms with Crippen molar-refractivity contribution in [1.82, 2.24) is 0 Å². The summed E-state index contributed by atoms with van der Waals surface area (Å²) < 4.78 is 13.1. The van der Waals surface area contributed by atoms with Crippen LogP contribution < -0.4 is 19.7 Å². The van der Waals surface area contributed by atoms with Gasteiger partial charge in [-0.05, 0) is 30.3 Å². The van der Waals surface area contributed by atoms with E-state index in [1.165, 1.54) is 29.2 Å². The minimum atomic E-state index is -0.385. The van der Waals surface area contributed by atoms with E-state index in [4.69, 9.17) is 0 Å². The van der Waals surface area contributed by atoms with Gasteiger partial charge in [0.25, 0.3) is 11.7 Å². The SMILES string of the molecule is O=C1C[C@H]([NH+]2CCN(c3cccc[nH+]3)CC2)C(=O)N1c1ccc(F)cc1. The Kier molecular flexibility index (Phi) is 4.38. The lowest BCUT2D eigenvalue weighted by atomic mass is 10.1.